The first-order valence-electron chi connectivity index (χ1n) is 9.08. The lowest BCUT2D eigenvalue weighted by Crippen LogP contribution is -2.50. The molecule has 0 spiro atoms. The van der Waals surface area contributed by atoms with Crippen LogP contribution < -0.4 is 0 Å². The van der Waals surface area contributed by atoms with Crippen LogP contribution in [-0.4, -0.2) is 54.6 Å². The Balaban J connectivity index is 1.56. The Morgan fingerprint density at radius 2 is 1.72 bits per heavy atom. The Morgan fingerprint density at radius 3 is 2.38 bits per heavy atom. The number of nitro benzene ring substituents is 1. The summed E-state index contributed by atoms with van der Waals surface area (Å²) in [6.45, 7) is 1.08. The fraction of sp³-hybridized carbons (Fsp3) is 0.250. The highest BCUT2D eigenvalue weighted by atomic mass is 32.2. The largest absolute Gasteiger partial charge is 0.337 e. The van der Waals surface area contributed by atoms with Crippen molar-refractivity contribution in [2.75, 3.05) is 26.2 Å². The van der Waals surface area contributed by atoms with Crippen molar-refractivity contribution in [3.05, 3.63) is 81.9 Å². The number of benzene rings is 2. The lowest BCUT2D eigenvalue weighted by atomic mass is 10.2. The quantitative estimate of drug-likeness (QED) is 0.409. The number of hydrogen-bond donors (Lipinski definition) is 0. The molecule has 0 saturated carbocycles. The molecule has 3 rings (SSSR count). The number of nitro groups is 1. The van der Waals surface area contributed by atoms with Gasteiger partial charge in [-0.1, -0.05) is 42.5 Å². The zero-order chi connectivity index (χ0) is 20.9. The monoisotopic (exact) mass is 415 g/mol. The molecule has 152 valence electrons. The second-order valence-electron chi connectivity index (χ2n) is 6.65. The molecule has 1 fully saturated rings. The number of sulfonamides is 1. The molecule has 29 heavy (non-hydrogen) atoms. The van der Waals surface area contributed by atoms with Crippen LogP contribution in [-0.2, 0) is 20.6 Å². The molecule has 0 bridgehead atoms. The number of carbonyl (C=O) groups excluding carboxylic acids is 1. The van der Waals surface area contributed by atoms with E-state index in [1.807, 2.05) is 6.07 Å². The van der Waals surface area contributed by atoms with E-state index in [1.54, 1.807) is 41.3 Å². The van der Waals surface area contributed by atoms with Crippen LogP contribution >= 0.6 is 0 Å². The minimum Gasteiger partial charge on any atom is -0.337 e. The van der Waals surface area contributed by atoms with Gasteiger partial charge in [-0.15, -0.1) is 0 Å². The van der Waals surface area contributed by atoms with Gasteiger partial charge in [-0.2, -0.15) is 4.31 Å². The van der Waals surface area contributed by atoms with Crippen LogP contribution in [0.1, 0.15) is 11.1 Å². The molecule has 8 nitrogen and oxygen atoms in total. The molecule has 1 amide bonds. The van der Waals surface area contributed by atoms with E-state index in [9.17, 15) is 23.3 Å². The molecule has 9 heteroatoms. The zero-order valence-corrected chi connectivity index (χ0v) is 16.5. The predicted octanol–water partition coefficient (Wildman–Crippen LogP) is 2.28. The van der Waals surface area contributed by atoms with Gasteiger partial charge in [0.05, 0.1) is 10.7 Å². The van der Waals surface area contributed by atoms with Crippen molar-refractivity contribution in [1.29, 1.82) is 0 Å². The molecule has 0 atom stereocenters. The highest BCUT2D eigenvalue weighted by Gasteiger charge is 2.28. The van der Waals surface area contributed by atoms with Gasteiger partial charge in [-0.3, -0.25) is 14.9 Å². The SMILES string of the molecule is O=C(/C=C/c1cccc([N+](=O)[O-])c1)N1CCN(S(=O)(=O)Cc2ccccc2)CC1. The summed E-state index contributed by atoms with van der Waals surface area (Å²) in [7, 11) is -3.44. The third-order valence-electron chi connectivity index (χ3n) is 4.63. The number of amides is 1. The molecular formula is C20H21N3O5S. The van der Waals surface area contributed by atoms with E-state index in [2.05, 4.69) is 0 Å². The van der Waals surface area contributed by atoms with E-state index in [0.717, 1.165) is 5.56 Å². The molecule has 0 N–H and O–H groups in total. The number of rotatable bonds is 6. The van der Waals surface area contributed by atoms with E-state index < -0.39 is 14.9 Å². The first-order chi connectivity index (χ1) is 13.8. The van der Waals surface area contributed by atoms with Crippen molar-refractivity contribution >= 4 is 27.7 Å². The Morgan fingerprint density at radius 1 is 1.03 bits per heavy atom. The van der Waals surface area contributed by atoms with Crippen LogP contribution in [0.25, 0.3) is 6.08 Å². The zero-order valence-electron chi connectivity index (χ0n) is 15.7. The van der Waals surface area contributed by atoms with Crippen LogP contribution in [0.5, 0.6) is 0 Å². The number of non-ortho nitro benzene ring substituents is 1. The highest BCUT2D eigenvalue weighted by molar-refractivity contribution is 7.88. The minimum atomic E-state index is -3.44. The molecule has 0 radical (unpaired) electrons. The van der Waals surface area contributed by atoms with Crippen LogP contribution in [0.15, 0.2) is 60.7 Å². The summed E-state index contributed by atoms with van der Waals surface area (Å²) in [5.74, 6) is -0.314. The topological polar surface area (TPSA) is 101 Å². The summed E-state index contributed by atoms with van der Waals surface area (Å²) in [5, 5.41) is 10.8. The second-order valence-corrected chi connectivity index (χ2v) is 8.62. The van der Waals surface area contributed by atoms with Gasteiger partial charge in [-0.25, -0.2) is 8.42 Å². The normalized spacial score (nSPS) is 15.5. The Bertz CT molecular complexity index is 1010. The first-order valence-corrected chi connectivity index (χ1v) is 10.7. The van der Waals surface area contributed by atoms with E-state index in [4.69, 9.17) is 0 Å². The molecule has 1 aliphatic rings. The van der Waals surface area contributed by atoms with E-state index in [-0.39, 0.29) is 30.4 Å². The molecule has 1 saturated heterocycles. The first kappa shape index (κ1) is 20.7. The van der Waals surface area contributed by atoms with Crippen molar-refractivity contribution in [3.8, 4) is 0 Å². The average Bonchev–Trinajstić information content (AvgIpc) is 2.72. The number of hydrogen-bond acceptors (Lipinski definition) is 5. The van der Waals surface area contributed by atoms with Crippen LogP contribution in [0.3, 0.4) is 0 Å². The maximum atomic E-state index is 12.6. The van der Waals surface area contributed by atoms with Gasteiger partial charge >= 0.3 is 0 Å². The summed E-state index contributed by atoms with van der Waals surface area (Å²) in [4.78, 5) is 24.3. The van der Waals surface area contributed by atoms with Gasteiger partial charge < -0.3 is 4.90 Å². The third kappa shape index (κ3) is 5.49. The highest BCUT2D eigenvalue weighted by Crippen LogP contribution is 2.16. The molecule has 0 aliphatic carbocycles. The summed E-state index contributed by atoms with van der Waals surface area (Å²) >= 11 is 0. The van der Waals surface area contributed by atoms with E-state index in [1.165, 1.54) is 28.6 Å². The molecule has 1 aliphatic heterocycles. The van der Waals surface area contributed by atoms with Crippen LogP contribution in [0, 0.1) is 10.1 Å². The minimum absolute atomic E-state index is 0.0446. The predicted molar refractivity (Wildman–Crippen MR) is 109 cm³/mol. The van der Waals surface area contributed by atoms with Gasteiger partial charge in [-0.05, 0) is 17.2 Å². The van der Waals surface area contributed by atoms with Crippen molar-refractivity contribution in [1.82, 2.24) is 9.21 Å². The molecular weight excluding hydrogens is 394 g/mol. The van der Waals surface area contributed by atoms with Gasteiger partial charge in [0, 0.05) is 44.4 Å². The van der Waals surface area contributed by atoms with E-state index in [0.29, 0.717) is 18.7 Å². The van der Waals surface area contributed by atoms with Gasteiger partial charge in [0.2, 0.25) is 15.9 Å². The van der Waals surface area contributed by atoms with Gasteiger partial charge in [0.1, 0.15) is 0 Å². The van der Waals surface area contributed by atoms with Gasteiger partial charge in [0.25, 0.3) is 5.69 Å². The Hall–Kier alpha value is -3.04. The molecule has 2 aromatic carbocycles. The maximum Gasteiger partial charge on any atom is 0.270 e. The standard InChI is InChI=1S/C20H21N3O5S/c24-20(10-9-17-7-4-8-19(15-17)23(25)26)21-11-13-22(14-12-21)29(27,28)16-18-5-2-1-3-6-18/h1-10,15H,11-14,16H2/b10-9+. The fourth-order valence-electron chi connectivity index (χ4n) is 3.08. The number of piperazine rings is 1. The Kier molecular flexibility index (Phi) is 6.40. The van der Waals surface area contributed by atoms with Crippen molar-refractivity contribution in [2.24, 2.45) is 0 Å². The summed E-state index contributed by atoms with van der Waals surface area (Å²) in [6, 6.07) is 15.0. The molecule has 0 unspecified atom stereocenters. The smallest absolute Gasteiger partial charge is 0.270 e. The maximum absolute atomic E-state index is 12.6. The van der Waals surface area contributed by atoms with E-state index >= 15 is 0 Å². The summed E-state index contributed by atoms with van der Waals surface area (Å²) in [5.41, 5.74) is 1.24. The van der Waals surface area contributed by atoms with Crippen LogP contribution in [0.2, 0.25) is 0 Å². The lowest BCUT2D eigenvalue weighted by molar-refractivity contribution is -0.384. The number of carbonyl (C=O) groups is 1. The Labute approximate surface area is 169 Å². The average molecular weight is 415 g/mol. The molecule has 0 aromatic heterocycles. The van der Waals surface area contributed by atoms with Crippen molar-refractivity contribution in [2.45, 2.75) is 5.75 Å². The van der Waals surface area contributed by atoms with Gasteiger partial charge in [0.15, 0.2) is 0 Å². The molecule has 1 heterocycles. The number of nitrogens with zero attached hydrogens (tertiary/aromatic N) is 3. The van der Waals surface area contributed by atoms with Crippen molar-refractivity contribution in [3.63, 3.8) is 0 Å². The van der Waals surface area contributed by atoms with Crippen LogP contribution in [0.4, 0.5) is 5.69 Å². The summed E-state index contributed by atoms with van der Waals surface area (Å²) < 4.78 is 26.6. The summed E-state index contributed by atoms with van der Waals surface area (Å²) in [6.07, 6.45) is 2.88. The fourth-order valence-corrected chi connectivity index (χ4v) is 4.59. The van der Waals surface area contributed by atoms with Crippen molar-refractivity contribution < 1.29 is 18.1 Å². The molecule has 2 aromatic rings. The third-order valence-corrected chi connectivity index (χ3v) is 6.49. The lowest BCUT2D eigenvalue weighted by Gasteiger charge is -2.33. The second kappa shape index (κ2) is 8.97.